The van der Waals surface area contributed by atoms with E-state index in [1.807, 2.05) is 0 Å². The Hall–Kier alpha value is -2.33. The van der Waals surface area contributed by atoms with Crippen molar-refractivity contribution in [1.82, 2.24) is 9.55 Å². The number of fused-ring (bicyclic) bond motifs is 2. The van der Waals surface area contributed by atoms with Gasteiger partial charge in [0.05, 0.1) is 34.4 Å². The van der Waals surface area contributed by atoms with E-state index in [0.29, 0.717) is 32.2 Å². The Morgan fingerprint density at radius 3 is 2.47 bits per heavy atom. The van der Waals surface area contributed by atoms with Crippen molar-refractivity contribution in [1.29, 1.82) is 0 Å². The summed E-state index contributed by atoms with van der Waals surface area (Å²) in [5.41, 5.74) is -2.43. The van der Waals surface area contributed by atoms with Gasteiger partial charge in [-0.1, -0.05) is 6.42 Å². The van der Waals surface area contributed by atoms with Crippen LogP contribution in [0.3, 0.4) is 0 Å². The zero-order chi connectivity index (χ0) is 22.9. The second-order valence-electron chi connectivity index (χ2n) is 9.40. The van der Waals surface area contributed by atoms with Gasteiger partial charge in [0, 0.05) is 30.6 Å². The van der Waals surface area contributed by atoms with Crippen molar-refractivity contribution in [2.45, 2.75) is 63.7 Å². The van der Waals surface area contributed by atoms with Gasteiger partial charge < -0.3 is 15.1 Å². The van der Waals surface area contributed by atoms with Gasteiger partial charge in [0.1, 0.15) is 0 Å². The second-order valence-corrected chi connectivity index (χ2v) is 9.40. The summed E-state index contributed by atoms with van der Waals surface area (Å²) in [5.74, 6) is -1.50. The number of aliphatic hydroxyl groups excluding tert-OH is 2. The van der Waals surface area contributed by atoms with E-state index in [2.05, 4.69) is 4.98 Å². The van der Waals surface area contributed by atoms with Crippen LogP contribution in [0.5, 0.6) is 0 Å². The molecule has 4 atom stereocenters. The van der Waals surface area contributed by atoms with E-state index in [-0.39, 0.29) is 41.2 Å². The average Bonchev–Trinajstić information content (AvgIpc) is 3.49. The quantitative estimate of drug-likeness (QED) is 0.663. The Bertz CT molecular complexity index is 1190. The van der Waals surface area contributed by atoms with E-state index >= 15 is 4.39 Å². The number of hydrogen-bond donors (Lipinski definition) is 3. The largest absolute Gasteiger partial charge is 0.390 e. The van der Waals surface area contributed by atoms with Gasteiger partial charge in [-0.3, -0.25) is 14.3 Å². The lowest BCUT2D eigenvalue weighted by Crippen LogP contribution is -2.36. The molecule has 5 rings (SSSR count). The van der Waals surface area contributed by atoms with Crippen molar-refractivity contribution < 1.29 is 23.4 Å². The molecular formula is C22H26F3N3O4. The van der Waals surface area contributed by atoms with Crippen LogP contribution in [0.15, 0.2) is 9.59 Å². The number of aromatic nitrogens is 2. The van der Waals surface area contributed by atoms with Gasteiger partial charge >= 0.3 is 5.69 Å². The zero-order valence-electron chi connectivity index (χ0n) is 17.7. The highest BCUT2D eigenvalue weighted by Gasteiger charge is 2.43. The number of H-pyrrole nitrogens is 1. The third-order valence-electron chi connectivity index (χ3n) is 7.41. The van der Waals surface area contributed by atoms with Gasteiger partial charge in [-0.25, -0.2) is 18.0 Å². The first-order chi connectivity index (χ1) is 15.2. The van der Waals surface area contributed by atoms with Crippen LogP contribution in [0, 0.1) is 24.6 Å². The van der Waals surface area contributed by atoms with Crippen molar-refractivity contribution in [2.75, 3.05) is 18.0 Å². The van der Waals surface area contributed by atoms with Crippen molar-refractivity contribution in [3.63, 3.8) is 0 Å². The number of anilines is 1. The summed E-state index contributed by atoms with van der Waals surface area (Å²) in [7, 11) is 0. The normalized spacial score (nSPS) is 28.4. The molecule has 32 heavy (non-hydrogen) atoms. The molecule has 0 spiro atoms. The van der Waals surface area contributed by atoms with Gasteiger partial charge in [-0.05, 0) is 38.5 Å². The first-order valence-corrected chi connectivity index (χ1v) is 11.1. The summed E-state index contributed by atoms with van der Waals surface area (Å²) >= 11 is 0. The van der Waals surface area contributed by atoms with Crippen molar-refractivity contribution in [3.05, 3.63) is 37.8 Å². The van der Waals surface area contributed by atoms with Gasteiger partial charge in [0.15, 0.2) is 5.82 Å². The summed E-state index contributed by atoms with van der Waals surface area (Å²) in [6, 6.07) is -0.217. The fourth-order valence-corrected chi connectivity index (χ4v) is 5.76. The van der Waals surface area contributed by atoms with Crippen LogP contribution in [0.25, 0.3) is 10.9 Å². The average molecular weight is 453 g/mol. The predicted octanol–water partition coefficient (Wildman–Crippen LogP) is 2.37. The van der Waals surface area contributed by atoms with Gasteiger partial charge in [0.25, 0.3) is 12.0 Å². The molecule has 1 aromatic carbocycles. The maximum atomic E-state index is 15.7. The summed E-state index contributed by atoms with van der Waals surface area (Å²) < 4.78 is 45.1. The number of aromatic amines is 1. The molecule has 7 nitrogen and oxygen atoms in total. The Morgan fingerprint density at radius 2 is 1.81 bits per heavy atom. The first-order valence-electron chi connectivity index (χ1n) is 11.1. The molecule has 2 heterocycles. The number of nitrogens with zero attached hydrogens (tertiary/aromatic N) is 2. The van der Waals surface area contributed by atoms with Crippen LogP contribution in [-0.2, 0) is 0 Å². The molecule has 4 unspecified atom stereocenters. The third kappa shape index (κ3) is 3.18. The zero-order valence-corrected chi connectivity index (χ0v) is 17.7. The number of aliphatic hydroxyl groups is 2. The standard InChI is InChI=1S/C22H26F3N3O4/c1-9-17-15(21(31)26-22(32)28(17)11-5-6-11)14(20(24)25)16(23)18(9)27-7-10-3-2-4-13(29)19(30)12(10)8-27/h10-13,19-20,29-30H,2-8H2,1H3,(H,26,31,32). The molecule has 0 amide bonds. The Labute approximate surface area is 181 Å². The number of halogens is 3. The fourth-order valence-electron chi connectivity index (χ4n) is 5.76. The molecule has 2 aliphatic carbocycles. The maximum Gasteiger partial charge on any atom is 0.329 e. The van der Waals surface area contributed by atoms with Crippen LogP contribution < -0.4 is 16.1 Å². The number of hydrogen-bond acceptors (Lipinski definition) is 5. The monoisotopic (exact) mass is 453 g/mol. The number of alkyl halides is 2. The van der Waals surface area contributed by atoms with Gasteiger partial charge in [-0.15, -0.1) is 0 Å². The first kappa shape index (κ1) is 21.5. The van der Waals surface area contributed by atoms with E-state index in [1.54, 1.807) is 11.8 Å². The number of nitrogens with one attached hydrogen (secondary N) is 1. The van der Waals surface area contributed by atoms with Crippen molar-refractivity contribution in [2.24, 2.45) is 11.8 Å². The minimum atomic E-state index is -3.25. The van der Waals surface area contributed by atoms with E-state index in [9.17, 15) is 28.6 Å². The molecule has 3 fully saturated rings. The van der Waals surface area contributed by atoms with Crippen LogP contribution in [0.2, 0.25) is 0 Å². The van der Waals surface area contributed by atoms with E-state index in [1.165, 1.54) is 4.57 Å². The Morgan fingerprint density at radius 1 is 1.09 bits per heavy atom. The molecule has 174 valence electrons. The van der Waals surface area contributed by atoms with E-state index in [0.717, 1.165) is 6.42 Å². The topological polar surface area (TPSA) is 98.6 Å². The lowest BCUT2D eigenvalue weighted by atomic mass is 9.89. The molecule has 3 N–H and O–H groups in total. The highest BCUT2D eigenvalue weighted by atomic mass is 19.3. The maximum absolute atomic E-state index is 15.7. The van der Waals surface area contributed by atoms with Gasteiger partial charge in [0.2, 0.25) is 0 Å². The molecular weight excluding hydrogens is 427 g/mol. The number of aryl methyl sites for hydroxylation is 1. The SMILES string of the molecule is Cc1c(N2CC3CCCC(O)C(O)C3C2)c(F)c(C(F)F)c2c(=O)[nH]c(=O)n(C3CC3)c12. The molecule has 1 aromatic heterocycles. The van der Waals surface area contributed by atoms with Crippen LogP contribution in [-0.4, -0.2) is 45.1 Å². The highest BCUT2D eigenvalue weighted by Crippen LogP contribution is 2.45. The summed E-state index contributed by atoms with van der Waals surface area (Å²) in [5, 5.41) is 20.3. The fraction of sp³-hybridized carbons (Fsp3) is 0.636. The Balaban J connectivity index is 1.73. The molecule has 1 aliphatic heterocycles. The minimum Gasteiger partial charge on any atom is -0.390 e. The molecule has 2 aromatic rings. The van der Waals surface area contributed by atoms with Crippen molar-refractivity contribution >= 4 is 16.6 Å². The molecule has 1 saturated heterocycles. The van der Waals surface area contributed by atoms with E-state index in [4.69, 9.17) is 0 Å². The molecule has 3 aliphatic rings. The molecule has 10 heteroatoms. The Kier molecular flexibility index (Phi) is 5.12. The van der Waals surface area contributed by atoms with Crippen LogP contribution in [0.4, 0.5) is 18.9 Å². The lowest BCUT2D eigenvalue weighted by molar-refractivity contribution is -0.0161. The molecule has 0 bridgehead atoms. The van der Waals surface area contributed by atoms with Crippen LogP contribution in [0.1, 0.15) is 55.7 Å². The highest BCUT2D eigenvalue weighted by molar-refractivity contribution is 5.90. The minimum absolute atomic E-state index is 0.0172. The molecule has 0 radical (unpaired) electrons. The summed E-state index contributed by atoms with van der Waals surface area (Å²) in [4.78, 5) is 28.8. The number of rotatable bonds is 3. The lowest BCUT2D eigenvalue weighted by Gasteiger charge is -2.27. The van der Waals surface area contributed by atoms with Crippen molar-refractivity contribution in [3.8, 4) is 0 Å². The second kappa shape index (κ2) is 7.62. The smallest absolute Gasteiger partial charge is 0.329 e. The van der Waals surface area contributed by atoms with Gasteiger partial charge in [-0.2, -0.15) is 0 Å². The third-order valence-corrected chi connectivity index (χ3v) is 7.41. The summed E-state index contributed by atoms with van der Waals surface area (Å²) in [6.07, 6.45) is -1.80. The predicted molar refractivity (Wildman–Crippen MR) is 112 cm³/mol. The van der Waals surface area contributed by atoms with E-state index < -0.39 is 46.6 Å². The van der Waals surface area contributed by atoms with Crippen LogP contribution >= 0.6 is 0 Å². The number of benzene rings is 1. The summed E-state index contributed by atoms with van der Waals surface area (Å²) in [6.45, 7) is 2.09. The molecule has 2 saturated carbocycles.